The molecule has 0 radical (unpaired) electrons. The first-order valence-corrected chi connectivity index (χ1v) is 13.3. The minimum atomic E-state index is -4.55. The summed E-state index contributed by atoms with van der Waals surface area (Å²) in [7, 11) is 0. The number of nitrogens with one attached hydrogen (secondary N) is 1. The molecule has 1 heterocycles. The summed E-state index contributed by atoms with van der Waals surface area (Å²) in [6.07, 6.45) is 0.203. The van der Waals surface area contributed by atoms with Gasteiger partial charge in [0.25, 0.3) is 0 Å². The number of halogens is 3. The molecular formula is C30H41F3N2O2. The first-order chi connectivity index (χ1) is 17.8. The van der Waals surface area contributed by atoms with Gasteiger partial charge >= 0.3 is 6.18 Å². The Hall–Kier alpha value is -2.64. The molecule has 0 amide bonds. The van der Waals surface area contributed by atoms with E-state index in [4.69, 9.17) is 14.5 Å². The highest BCUT2D eigenvalue weighted by Crippen LogP contribution is 2.38. The topological polar surface area (TPSA) is 42.9 Å². The van der Waals surface area contributed by atoms with E-state index >= 15 is 0 Å². The van der Waals surface area contributed by atoms with Gasteiger partial charge in [-0.05, 0) is 62.4 Å². The summed E-state index contributed by atoms with van der Waals surface area (Å²) in [5.41, 5.74) is 2.15. The van der Waals surface area contributed by atoms with Crippen LogP contribution in [-0.4, -0.2) is 31.5 Å². The minimum absolute atomic E-state index is 0.0232. The zero-order valence-electron chi connectivity index (χ0n) is 22.7. The number of alkyl halides is 3. The van der Waals surface area contributed by atoms with Gasteiger partial charge in [0.1, 0.15) is 12.4 Å². The molecule has 0 bridgehead atoms. The van der Waals surface area contributed by atoms with E-state index in [2.05, 4.69) is 19.2 Å². The van der Waals surface area contributed by atoms with Gasteiger partial charge in [-0.25, -0.2) is 0 Å². The molecule has 0 spiro atoms. The number of rotatable bonds is 11. The number of allylic oxidation sites excluding steroid dienone is 1. The summed E-state index contributed by atoms with van der Waals surface area (Å²) in [5, 5.41) is 3.47. The lowest BCUT2D eigenvalue weighted by Crippen LogP contribution is -2.34. The van der Waals surface area contributed by atoms with Gasteiger partial charge < -0.3 is 14.8 Å². The summed E-state index contributed by atoms with van der Waals surface area (Å²) < 4.78 is 52.7. The first-order valence-electron chi connectivity index (χ1n) is 13.3. The first kappa shape index (κ1) is 30.6. The number of benzene rings is 2. The summed E-state index contributed by atoms with van der Waals surface area (Å²) in [5.74, 6) is 0.0322. The van der Waals surface area contributed by atoms with Crippen LogP contribution in [0.15, 0.2) is 59.6 Å². The van der Waals surface area contributed by atoms with Crippen LogP contribution in [0.3, 0.4) is 0 Å². The Bertz CT molecular complexity index is 998. The molecule has 4 nitrogen and oxygen atoms in total. The second-order valence-corrected chi connectivity index (χ2v) is 8.76. The zero-order chi connectivity index (χ0) is 27.3. The molecular weight excluding hydrogens is 477 g/mol. The normalized spacial score (nSPS) is 17.2. The van der Waals surface area contributed by atoms with Gasteiger partial charge in [0.15, 0.2) is 0 Å². The summed E-state index contributed by atoms with van der Waals surface area (Å²) in [4.78, 5) is 4.87. The predicted octanol–water partition coefficient (Wildman–Crippen LogP) is 7.93. The van der Waals surface area contributed by atoms with E-state index in [9.17, 15) is 13.2 Å². The fraction of sp³-hybridized carbons (Fsp3) is 0.500. The third-order valence-corrected chi connectivity index (χ3v) is 6.24. The molecule has 1 fully saturated rings. The molecule has 2 atom stereocenters. The van der Waals surface area contributed by atoms with Crippen LogP contribution in [0, 0.1) is 5.92 Å². The Labute approximate surface area is 220 Å². The average molecular weight is 519 g/mol. The Kier molecular flexibility index (Phi) is 12.9. The van der Waals surface area contributed by atoms with Crippen molar-refractivity contribution >= 4 is 11.4 Å². The van der Waals surface area contributed by atoms with E-state index in [0.29, 0.717) is 17.9 Å². The van der Waals surface area contributed by atoms with Crippen LogP contribution < -0.4 is 10.1 Å². The molecule has 7 heteroatoms. The van der Waals surface area contributed by atoms with E-state index in [1.165, 1.54) is 6.07 Å². The molecule has 0 aliphatic carbocycles. The van der Waals surface area contributed by atoms with Crippen molar-refractivity contribution in [3.05, 3.63) is 71.3 Å². The monoisotopic (exact) mass is 518 g/mol. The van der Waals surface area contributed by atoms with Crippen LogP contribution in [-0.2, 0) is 17.5 Å². The Morgan fingerprint density at radius 3 is 2.46 bits per heavy atom. The number of aliphatic imine (C=N–C) groups is 1. The molecule has 1 aliphatic heterocycles. The van der Waals surface area contributed by atoms with Gasteiger partial charge in [-0.3, -0.25) is 4.99 Å². The lowest BCUT2D eigenvalue weighted by Gasteiger charge is -2.21. The summed E-state index contributed by atoms with van der Waals surface area (Å²) in [6.45, 7) is 11.5. The van der Waals surface area contributed by atoms with Gasteiger partial charge in [-0.2, -0.15) is 13.2 Å². The van der Waals surface area contributed by atoms with E-state index in [0.717, 1.165) is 43.1 Å². The average Bonchev–Trinajstić information content (AvgIpc) is 3.45. The van der Waals surface area contributed by atoms with Gasteiger partial charge in [-0.15, -0.1) is 0 Å². The van der Waals surface area contributed by atoms with Crippen molar-refractivity contribution in [3.63, 3.8) is 0 Å². The number of ether oxygens (including phenoxy) is 2. The third-order valence-electron chi connectivity index (χ3n) is 6.24. The molecule has 2 aromatic carbocycles. The SMILES string of the molecule is C/C=C(\N=C(C(C)CC)C1CCCN1)c1ccc(OCCOCc2ccccc2)c(C(F)(F)F)c1.CC. The van der Waals surface area contributed by atoms with Crippen molar-refractivity contribution in [2.75, 3.05) is 19.8 Å². The second-order valence-electron chi connectivity index (χ2n) is 8.76. The van der Waals surface area contributed by atoms with Crippen molar-refractivity contribution in [2.24, 2.45) is 10.9 Å². The van der Waals surface area contributed by atoms with Crippen molar-refractivity contribution < 1.29 is 22.6 Å². The molecule has 0 aromatic heterocycles. The number of nitrogens with zero attached hydrogens (tertiary/aromatic N) is 1. The second kappa shape index (κ2) is 15.6. The highest BCUT2D eigenvalue weighted by Gasteiger charge is 2.35. The van der Waals surface area contributed by atoms with Gasteiger partial charge in [0.05, 0.1) is 24.5 Å². The van der Waals surface area contributed by atoms with Crippen molar-refractivity contribution in [3.8, 4) is 5.75 Å². The smallest absolute Gasteiger partial charge is 0.419 e. The van der Waals surface area contributed by atoms with E-state index in [-0.39, 0.29) is 30.9 Å². The van der Waals surface area contributed by atoms with E-state index in [1.807, 2.05) is 44.2 Å². The van der Waals surface area contributed by atoms with Crippen LogP contribution in [0.2, 0.25) is 0 Å². The fourth-order valence-electron chi connectivity index (χ4n) is 4.12. The van der Waals surface area contributed by atoms with Crippen LogP contribution in [0.5, 0.6) is 5.75 Å². The maximum atomic E-state index is 13.9. The molecule has 37 heavy (non-hydrogen) atoms. The van der Waals surface area contributed by atoms with Crippen LogP contribution in [0.4, 0.5) is 13.2 Å². The maximum Gasteiger partial charge on any atom is 0.419 e. The van der Waals surface area contributed by atoms with Gasteiger partial charge in [-0.1, -0.05) is 64.1 Å². The standard InChI is InChI=1S/C28H35F3N2O2.C2H6/c1-4-20(3)27(25-12-9-15-32-25)33-24(5-2)22-13-14-26(23(18-22)28(29,30)31)35-17-16-34-19-21-10-7-6-8-11-21;1-2/h5-8,10-11,13-14,18,20,25,32H,4,9,12,15-17,19H2,1-3H3;1-2H3/b24-5-,33-27?;. The zero-order valence-corrected chi connectivity index (χ0v) is 22.7. The molecule has 2 unspecified atom stereocenters. The van der Waals surface area contributed by atoms with E-state index in [1.54, 1.807) is 19.1 Å². The highest BCUT2D eigenvalue weighted by molar-refractivity contribution is 5.95. The van der Waals surface area contributed by atoms with Gasteiger partial charge in [0, 0.05) is 17.3 Å². The van der Waals surface area contributed by atoms with Crippen molar-refractivity contribution in [2.45, 2.75) is 72.7 Å². The Balaban J connectivity index is 0.00000235. The van der Waals surface area contributed by atoms with Crippen LogP contribution >= 0.6 is 0 Å². The molecule has 1 aliphatic rings. The third kappa shape index (κ3) is 9.31. The van der Waals surface area contributed by atoms with Crippen LogP contribution in [0.25, 0.3) is 5.70 Å². The molecule has 204 valence electrons. The molecule has 1 saturated heterocycles. The molecule has 3 rings (SSSR count). The number of hydrogen-bond acceptors (Lipinski definition) is 4. The largest absolute Gasteiger partial charge is 0.491 e. The highest BCUT2D eigenvalue weighted by atomic mass is 19.4. The quantitative estimate of drug-likeness (QED) is 0.243. The van der Waals surface area contributed by atoms with Crippen molar-refractivity contribution in [1.82, 2.24) is 5.32 Å². The maximum absolute atomic E-state index is 13.9. The lowest BCUT2D eigenvalue weighted by atomic mass is 9.95. The minimum Gasteiger partial charge on any atom is -0.491 e. The molecule has 1 N–H and O–H groups in total. The fourth-order valence-corrected chi connectivity index (χ4v) is 4.12. The molecule has 2 aromatic rings. The van der Waals surface area contributed by atoms with Crippen molar-refractivity contribution in [1.29, 1.82) is 0 Å². The number of hydrogen-bond donors (Lipinski definition) is 1. The van der Waals surface area contributed by atoms with E-state index < -0.39 is 11.7 Å². The Morgan fingerprint density at radius 1 is 1.14 bits per heavy atom. The molecule has 0 saturated carbocycles. The predicted molar refractivity (Wildman–Crippen MR) is 146 cm³/mol. The summed E-state index contributed by atoms with van der Waals surface area (Å²) in [6, 6.07) is 13.9. The van der Waals surface area contributed by atoms with Gasteiger partial charge in [0.2, 0.25) is 0 Å². The Morgan fingerprint density at radius 2 is 1.86 bits per heavy atom. The lowest BCUT2D eigenvalue weighted by molar-refractivity contribution is -0.139. The van der Waals surface area contributed by atoms with Crippen LogP contribution in [0.1, 0.15) is 70.6 Å². The summed E-state index contributed by atoms with van der Waals surface area (Å²) >= 11 is 0.